The monoisotopic (exact) mass is 316 g/mol. The molecule has 6 nitrogen and oxygen atoms in total. The van der Waals surface area contributed by atoms with Crippen molar-refractivity contribution in [3.63, 3.8) is 0 Å². The number of amides is 1. The van der Waals surface area contributed by atoms with Gasteiger partial charge in [0.2, 0.25) is 5.91 Å². The largest absolute Gasteiger partial charge is 0.310 e. The molecule has 0 spiro atoms. The first-order chi connectivity index (χ1) is 10.7. The Morgan fingerprint density at radius 1 is 1.32 bits per heavy atom. The Kier molecular flexibility index (Phi) is 4.24. The van der Waals surface area contributed by atoms with E-state index in [2.05, 4.69) is 27.2 Å². The average molecular weight is 316 g/mol. The van der Waals surface area contributed by atoms with Crippen molar-refractivity contribution in [1.82, 2.24) is 15.0 Å². The van der Waals surface area contributed by atoms with Crippen LogP contribution in [0.5, 0.6) is 0 Å². The van der Waals surface area contributed by atoms with Crippen LogP contribution in [0.1, 0.15) is 36.8 Å². The van der Waals surface area contributed by atoms with Gasteiger partial charge in [-0.3, -0.25) is 14.6 Å². The van der Waals surface area contributed by atoms with Gasteiger partial charge in [-0.05, 0) is 24.1 Å². The van der Waals surface area contributed by atoms with E-state index in [9.17, 15) is 9.59 Å². The number of fused-ring (bicyclic) bond motifs is 1. The lowest BCUT2D eigenvalue weighted by molar-refractivity contribution is -0.116. The lowest BCUT2D eigenvalue weighted by atomic mass is 9.87. The highest BCUT2D eigenvalue weighted by Crippen LogP contribution is 2.34. The van der Waals surface area contributed by atoms with Crippen LogP contribution >= 0.6 is 11.8 Å². The molecule has 1 aliphatic rings. The molecule has 0 saturated heterocycles. The Morgan fingerprint density at radius 3 is 2.82 bits per heavy atom. The van der Waals surface area contributed by atoms with Crippen LogP contribution in [-0.4, -0.2) is 26.6 Å². The average Bonchev–Trinajstić information content (AvgIpc) is 2.52. The first kappa shape index (κ1) is 14.8. The van der Waals surface area contributed by atoms with Crippen molar-refractivity contribution in [3.05, 3.63) is 46.0 Å². The Balaban J connectivity index is 2.06. The first-order valence-electron chi connectivity index (χ1n) is 7.15. The minimum absolute atomic E-state index is 0.126. The van der Waals surface area contributed by atoms with Gasteiger partial charge in [-0.1, -0.05) is 18.7 Å². The van der Waals surface area contributed by atoms with Crippen LogP contribution in [0, 0.1) is 0 Å². The number of carbonyl (C=O) groups is 1. The van der Waals surface area contributed by atoms with Gasteiger partial charge in [0.25, 0.3) is 5.56 Å². The number of carbonyl (C=O) groups excluding carboxylic acids is 1. The van der Waals surface area contributed by atoms with Crippen LogP contribution in [0.2, 0.25) is 0 Å². The van der Waals surface area contributed by atoms with E-state index in [1.807, 2.05) is 12.1 Å². The zero-order chi connectivity index (χ0) is 15.5. The molecule has 2 N–H and O–H groups in total. The van der Waals surface area contributed by atoms with Gasteiger partial charge >= 0.3 is 0 Å². The summed E-state index contributed by atoms with van der Waals surface area (Å²) in [5.74, 6) is 0.830. The second-order valence-electron chi connectivity index (χ2n) is 5.07. The van der Waals surface area contributed by atoms with Gasteiger partial charge in [0.15, 0.2) is 5.16 Å². The second kappa shape index (κ2) is 6.31. The van der Waals surface area contributed by atoms with Crippen LogP contribution in [0.15, 0.2) is 34.5 Å². The number of hydrogen-bond acceptors (Lipinski definition) is 5. The summed E-state index contributed by atoms with van der Waals surface area (Å²) in [5.41, 5.74) is 1.23. The quantitative estimate of drug-likeness (QED) is 0.666. The van der Waals surface area contributed by atoms with Crippen molar-refractivity contribution in [2.75, 3.05) is 11.1 Å². The zero-order valence-electron chi connectivity index (χ0n) is 12.1. The number of H-pyrrole nitrogens is 1. The van der Waals surface area contributed by atoms with Gasteiger partial charge in [-0.2, -0.15) is 0 Å². The molecule has 22 heavy (non-hydrogen) atoms. The van der Waals surface area contributed by atoms with E-state index in [0.717, 1.165) is 17.7 Å². The van der Waals surface area contributed by atoms with Crippen molar-refractivity contribution in [2.45, 2.75) is 30.8 Å². The molecule has 2 aromatic heterocycles. The highest BCUT2D eigenvalue weighted by Gasteiger charge is 2.30. The topological polar surface area (TPSA) is 87.7 Å². The van der Waals surface area contributed by atoms with Crippen LogP contribution in [-0.2, 0) is 4.79 Å². The molecule has 0 bridgehead atoms. The molecule has 1 amide bonds. The van der Waals surface area contributed by atoms with E-state index in [4.69, 9.17) is 0 Å². The maximum absolute atomic E-state index is 12.5. The molecule has 3 heterocycles. The molecule has 0 saturated carbocycles. The summed E-state index contributed by atoms with van der Waals surface area (Å²) < 4.78 is 0. The Morgan fingerprint density at radius 2 is 2.09 bits per heavy atom. The summed E-state index contributed by atoms with van der Waals surface area (Å²) in [5, 5.41) is 3.26. The van der Waals surface area contributed by atoms with E-state index in [1.54, 1.807) is 12.4 Å². The number of rotatable bonds is 4. The van der Waals surface area contributed by atoms with Crippen LogP contribution in [0.25, 0.3) is 0 Å². The fourth-order valence-corrected chi connectivity index (χ4v) is 3.22. The number of hydrogen-bond donors (Lipinski definition) is 2. The molecule has 114 valence electrons. The third kappa shape index (κ3) is 2.89. The van der Waals surface area contributed by atoms with E-state index < -0.39 is 0 Å². The van der Waals surface area contributed by atoms with Crippen LogP contribution < -0.4 is 10.9 Å². The highest BCUT2D eigenvalue weighted by atomic mass is 32.2. The minimum Gasteiger partial charge on any atom is -0.310 e. The third-order valence-electron chi connectivity index (χ3n) is 3.48. The third-order valence-corrected chi connectivity index (χ3v) is 4.56. The predicted octanol–water partition coefficient (Wildman–Crippen LogP) is 2.14. The number of aromatic amines is 1. The molecule has 3 rings (SSSR count). The summed E-state index contributed by atoms with van der Waals surface area (Å²) in [4.78, 5) is 35.6. The van der Waals surface area contributed by atoms with Crippen molar-refractivity contribution >= 4 is 23.5 Å². The Labute approximate surface area is 131 Å². The maximum Gasteiger partial charge on any atom is 0.257 e. The second-order valence-corrected chi connectivity index (χ2v) is 6.15. The Bertz CT molecular complexity index is 745. The normalized spacial score (nSPS) is 17.0. The molecule has 1 aliphatic heterocycles. The molecule has 7 heteroatoms. The van der Waals surface area contributed by atoms with Crippen molar-refractivity contribution < 1.29 is 4.79 Å². The first-order valence-corrected chi connectivity index (χ1v) is 8.14. The lowest BCUT2D eigenvalue weighted by Gasteiger charge is -2.24. The van der Waals surface area contributed by atoms with Crippen molar-refractivity contribution in [2.24, 2.45) is 0 Å². The number of nitrogens with one attached hydrogen (secondary N) is 2. The van der Waals surface area contributed by atoms with Gasteiger partial charge in [-0.15, -0.1) is 0 Å². The number of anilines is 1. The molecule has 1 atom stereocenters. The predicted molar refractivity (Wildman–Crippen MR) is 85.2 cm³/mol. The molecule has 0 aromatic carbocycles. The van der Waals surface area contributed by atoms with E-state index >= 15 is 0 Å². The summed E-state index contributed by atoms with van der Waals surface area (Å²) in [7, 11) is 0. The van der Waals surface area contributed by atoms with Crippen LogP contribution in [0.3, 0.4) is 0 Å². The molecule has 1 unspecified atom stereocenters. The van der Waals surface area contributed by atoms with E-state index in [1.165, 1.54) is 11.8 Å². The lowest BCUT2D eigenvalue weighted by Crippen LogP contribution is -2.31. The van der Waals surface area contributed by atoms with E-state index in [0.29, 0.717) is 16.5 Å². The van der Waals surface area contributed by atoms with Crippen molar-refractivity contribution in [1.29, 1.82) is 0 Å². The van der Waals surface area contributed by atoms with Gasteiger partial charge in [-0.25, -0.2) is 4.98 Å². The zero-order valence-corrected chi connectivity index (χ0v) is 12.9. The maximum atomic E-state index is 12.5. The molecule has 0 aliphatic carbocycles. The number of aromatic nitrogens is 3. The molecule has 0 radical (unpaired) electrons. The molecular weight excluding hydrogens is 300 g/mol. The SMILES string of the molecule is CCCSc1nc2c(c(=O)[nH]1)C(c1ccncc1)CC(=O)N2. The summed E-state index contributed by atoms with van der Waals surface area (Å²) in [6.45, 7) is 2.06. The number of pyridine rings is 1. The fourth-order valence-electron chi connectivity index (χ4n) is 2.50. The van der Waals surface area contributed by atoms with Gasteiger partial charge in [0, 0.05) is 30.5 Å². The minimum atomic E-state index is -0.284. The molecular formula is C15H16N4O2S. The van der Waals surface area contributed by atoms with Gasteiger partial charge < -0.3 is 10.3 Å². The fraction of sp³-hybridized carbons (Fsp3) is 0.333. The summed E-state index contributed by atoms with van der Waals surface area (Å²) >= 11 is 1.48. The van der Waals surface area contributed by atoms with E-state index in [-0.39, 0.29) is 23.8 Å². The van der Waals surface area contributed by atoms with Crippen LogP contribution in [0.4, 0.5) is 5.82 Å². The number of nitrogens with zero attached hydrogens (tertiary/aromatic N) is 2. The standard InChI is InChI=1S/C15H16N4O2S/c1-2-7-22-15-18-13-12(14(21)19-15)10(8-11(20)17-13)9-3-5-16-6-4-9/h3-6,10H,2,7-8H2,1H3,(H2,17,18,19,20,21). The van der Waals surface area contributed by atoms with Gasteiger partial charge in [0.1, 0.15) is 5.82 Å². The Hall–Kier alpha value is -2.15. The summed E-state index contributed by atoms with van der Waals surface area (Å²) in [6, 6.07) is 3.65. The molecule has 0 fully saturated rings. The highest BCUT2D eigenvalue weighted by molar-refractivity contribution is 7.99. The summed E-state index contributed by atoms with van der Waals surface area (Å²) in [6.07, 6.45) is 4.55. The number of thioether (sulfide) groups is 1. The van der Waals surface area contributed by atoms with Crippen molar-refractivity contribution in [3.8, 4) is 0 Å². The van der Waals surface area contributed by atoms with Gasteiger partial charge in [0.05, 0.1) is 5.56 Å². The smallest absolute Gasteiger partial charge is 0.257 e. The molecule has 2 aromatic rings.